The second-order valence-corrected chi connectivity index (χ2v) is 5.38. The van der Waals surface area contributed by atoms with Gasteiger partial charge in [0.1, 0.15) is 12.5 Å². The SMILES string of the molecule is COCNc1ccc(OC)cc1CS(=O)c1ncc[nH]1. The van der Waals surface area contributed by atoms with Gasteiger partial charge in [-0.2, -0.15) is 0 Å². The molecule has 0 bridgehead atoms. The lowest BCUT2D eigenvalue weighted by atomic mass is 10.2. The van der Waals surface area contributed by atoms with Gasteiger partial charge in [-0.25, -0.2) is 4.98 Å². The predicted octanol–water partition coefficient (Wildman–Crippen LogP) is 1.74. The fraction of sp³-hybridized carbons (Fsp3) is 0.308. The number of aromatic nitrogens is 2. The molecule has 1 aromatic heterocycles. The standard InChI is InChI=1S/C13H17N3O3S/c1-18-9-16-12-4-3-11(19-2)7-10(12)8-20(17)13-14-5-6-15-13/h3-7,16H,8-9H2,1-2H3,(H,14,15). The molecule has 0 saturated carbocycles. The Bertz CT molecular complexity index is 572. The molecule has 0 aliphatic rings. The second kappa shape index (κ2) is 7.06. The fourth-order valence-electron chi connectivity index (χ4n) is 1.72. The molecule has 1 atom stereocenters. The van der Waals surface area contributed by atoms with Gasteiger partial charge in [-0.3, -0.25) is 4.21 Å². The summed E-state index contributed by atoms with van der Waals surface area (Å²) in [5, 5.41) is 3.59. The number of aromatic amines is 1. The van der Waals surface area contributed by atoms with Gasteiger partial charge in [-0.1, -0.05) is 0 Å². The van der Waals surface area contributed by atoms with Crippen LogP contribution in [-0.2, 0) is 21.3 Å². The monoisotopic (exact) mass is 295 g/mol. The third kappa shape index (κ3) is 3.58. The van der Waals surface area contributed by atoms with Crippen LogP contribution in [0.3, 0.4) is 0 Å². The van der Waals surface area contributed by atoms with E-state index >= 15 is 0 Å². The van der Waals surface area contributed by atoms with Gasteiger partial charge >= 0.3 is 0 Å². The Morgan fingerprint density at radius 3 is 2.90 bits per heavy atom. The summed E-state index contributed by atoms with van der Waals surface area (Å²) in [6.45, 7) is 0.382. The van der Waals surface area contributed by atoms with E-state index in [1.54, 1.807) is 26.6 Å². The number of rotatable bonds is 7. The quantitative estimate of drug-likeness (QED) is 0.761. The van der Waals surface area contributed by atoms with Crippen molar-refractivity contribution in [1.29, 1.82) is 0 Å². The average molecular weight is 295 g/mol. The van der Waals surface area contributed by atoms with Crippen molar-refractivity contribution in [3.8, 4) is 5.75 Å². The number of imidazole rings is 1. The first-order valence-electron chi connectivity index (χ1n) is 6.02. The van der Waals surface area contributed by atoms with E-state index in [4.69, 9.17) is 9.47 Å². The normalized spacial score (nSPS) is 12.1. The molecule has 0 aliphatic heterocycles. The Balaban J connectivity index is 2.20. The highest BCUT2D eigenvalue weighted by Gasteiger charge is 2.12. The molecule has 108 valence electrons. The van der Waals surface area contributed by atoms with Gasteiger partial charge < -0.3 is 19.8 Å². The first-order chi connectivity index (χ1) is 9.74. The van der Waals surface area contributed by atoms with Crippen LogP contribution in [0.5, 0.6) is 5.75 Å². The van der Waals surface area contributed by atoms with E-state index in [1.165, 1.54) is 0 Å². The Kier molecular flexibility index (Phi) is 5.14. The van der Waals surface area contributed by atoms with Gasteiger partial charge in [-0.15, -0.1) is 0 Å². The number of benzene rings is 1. The number of hydrogen-bond donors (Lipinski definition) is 2. The molecule has 6 nitrogen and oxygen atoms in total. The number of nitrogens with zero attached hydrogens (tertiary/aromatic N) is 1. The molecule has 0 aliphatic carbocycles. The van der Waals surface area contributed by atoms with Crippen molar-refractivity contribution < 1.29 is 13.7 Å². The van der Waals surface area contributed by atoms with E-state index < -0.39 is 10.8 Å². The van der Waals surface area contributed by atoms with Crippen molar-refractivity contribution in [1.82, 2.24) is 9.97 Å². The smallest absolute Gasteiger partial charge is 0.196 e. The summed E-state index contributed by atoms with van der Waals surface area (Å²) in [7, 11) is 1.98. The number of hydrogen-bond acceptors (Lipinski definition) is 5. The lowest BCUT2D eigenvalue weighted by Crippen LogP contribution is -2.08. The van der Waals surface area contributed by atoms with Gasteiger partial charge in [0.2, 0.25) is 0 Å². The number of anilines is 1. The van der Waals surface area contributed by atoms with E-state index in [-0.39, 0.29) is 0 Å². The van der Waals surface area contributed by atoms with Crippen LogP contribution in [0.4, 0.5) is 5.69 Å². The molecule has 0 radical (unpaired) electrons. The van der Waals surface area contributed by atoms with E-state index in [1.807, 2.05) is 18.2 Å². The highest BCUT2D eigenvalue weighted by Crippen LogP contribution is 2.24. The van der Waals surface area contributed by atoms with Crippen LogP contribution in [0.1, 0.15) is 5.56 Å². The Morgan fingerprint density at radius 1 is 1.40 bits per heavy atom. The molecule has 0 spiro atoms. The number of methoxy groups -OCH3 is 2. The first-order valence-corrected chi connectivity index (χ1v) is 7.34. The summed E-state index contributed by atoms with van der Waals surface area (Å²) in [4.78, 5) is 6.88. The molecule has 7 heteroatoms. The Labute approximate surface area is 120 Å². The lowest BCUT2D eigenvalue weighted by Gasteiger charge is -2.12. The number of H-pyrrole nitrogens is 1. The van der Waals surface area contributed by atoms with Crippen molar-refractivity contribution in [3.05, 3.63) is 36.2 Å². The molecular weight excluding hydrogens is 278 g/mol. The third-order valence-corrected chi connectivity index (χ3v) is 3.92. The molecule has 2 rings (SSSR count). The summed E-state index contributed by atoms with van der Waals surface area (Å²) in [5.74, 6) is 1.07. The topological polar surface area (TPSA) is 76.2 Å². The largest absolute Gasteiger partial charge is 0.497 e. The molecule has 1 aromatic carbocycles. The highest BCUT2D eigenvalue weighted by atomic mass is 32.2. The summed E-state index contributed by atoms with van der Waals surface area (Å²) < 4.78 is 22.4. The highest BCUT2D eigenvalue weighted by molar-refractivity contribution is 7.84. The zero-order valence-corrected chi connectivity index (χ0v) is 12.2. The van der Waals surface area contributed by atoms with Crippen LogP contribution in [-0.4, -0.2) is 35.1 Å². The summed E-state index contributed by atoms with van der Waals surface area (Å²) >= 11 is 0. The number of nitrogens with one attached hydrogen (secondary N) is 2. The van der Waals surface area contributed by atoms with Crippen LogP contribution >= 0.6 is 0 Å². The van der Waals surface area contributed by atoms with Crippen molar-refractivity contribution >= 4 is 16.5 Å². The van der Waals surface area contributed by atoms with Gasteiger partial charge in [0, 0.05) is 25.2 Å². The van der Waals surface area contributed by atoms with E-state index in [0.29, 0.717) is 17.6 Å². The molecule has 0 fully saturated rings. The van der Waals surface area contributed by atoms with Crippen LogP contribution in [0.15, 0.2) is 35.7 Å². The molecule has 1 heterocycles. The molecule has 2 aromatic rings. The lowest BCUT2D eigenvalue weighted by molar-refractivity contribution is 0.221. The van der Waals surface area contributed by atoms with E-state index in [9.17, 15) is 4.21 Å². The summed E-state index contributed by atoms with van der Waals surface area (Å²) in [5.41, 5.74) is 1.75. The molecule has 2 N–H and O–H groups in total. The van der Waals surface area contributed by atoms with Gasteiger partial charge in [-0.05, 0) is 23.8 Å². The van der Waals surface area contributed by atoms with Crippen LogP contribution in [0.25, 0.3) is 0 Å². The second-order valence-electron chi connectivity index (χ2n) is 4.02. The maximum Gasteiger partial charge on any atom is 0.196 e. The first kappa shape index (κ1) is 14.5. The van der Waals surface area contributed by atoms with Gasteiger partial charge in [0.15, 0.2) is 5.16 Å². The van der Waals surface area contributed by atoms with Crippen molar-refractivity contribution in [2.75, 3.05) is 26.3 Å². The molecular formula is C13H17N3O3S. The maximum absolute atomic E-state index is 12.2. The summed E-state index contributed by atoms with van der Waals surface area (Å²) in [6, 6.07) is 5.59. The van der Waals surface area contributed by atoms with Crippen molar-refractivity contribution in [2.45, 2.75) is 10.9 Å². The minimum absolute atomic E-state index is 0.344. The molecule has 20 heavy (non-hydrogen) atoms. The molecule has 0 saturated heterocycles. The molecule has 1 unspecified atom stereocenters. The Hall–Kier alpha value is -1.86. The molecule has 0 amide bonds. The van der Waals surface area contributed by atoms with Crippen molar-refractivity contribution in [2.24, 2.45) is 0 Å². The maximum atomic E-state index is 12.2. The van der Waals surface area contributed by atoms with Crippen LogP contribution < -0.4 is 10.1 Å². The predicted molar refractivity (Wildman–Crippen MR) is 77.2 cm³/mol. The minimum atomic E-state index is -1.23. The van der Waals surface area contributed by atoms with E-state index in [0.717, 1.165) is 17.0 Å². The number of ether oxygens (including phenoxy) is 2. The van der Waals surface area contributed by atoms with Gasteiger partial charge in [0.25, 0.3) is 0 Å². The van der Waals surface area contributed by atoms with Crippen LogP contribution in [0.2, 0.25) is 0 Å². The Morgan fingerprint density at radius 2 is 2.25 bits per heavy atom. The average Bonchev–Trinajstić information content (AvgIpc) is 3.00. The summed E-state index contributed by atoms with van der Waals surface area (Å²) in [6.07, 6.45) is 3.24. The third-order valence-electron chi connectivity index (χ3n) is 2.69. The van der Waals surface area contributed by atoms with E-state index in [2.05, 4.69) is 15.3 Å². The van der Waals surface area contributed by atoms with Crippen LogP contribution in [0, 0.1) is 0 Å². The zero-order valence-electron chi connectivity index (χ0n) is 11.4. The minimum Gasteiger partial charge on any atom is -0.497 e. The fourth-order valence-corrected chi connectivity index (χ4v) is 2.76. The van der Waals surface area contributed by atoms with Gasteiger partial charge in [0.05, 0.1) is 23.7 Å². The zero-order chi connectivity index (χ0) is 14.4. The van der Waals surface area contributed by atoms with Crippen molar-refractivity contribution in [3.63, 3.8) is 0 Å².